The summed E-state index contributed by atoms with van der Waals surface area (Å²) >= 11 is 0. The Hall–Kier alpha value is -2.24. The maximum Gasteiger partial charge on any atom is 0.119 e. The van der Waals surface area contributed by atoms with Crippen molar-refractivity contribution in [3.05, 3.63) is 65.7 Å². The van der Waals surface area contributed by atoms with Crippen LogP contribution in [-0.2, 0) is 6.61 Å². The van der Waals surface area contributed by atoms with Gasteiger partial charge in [0.25, 0.3) is 0 Å². The molecule has 2 N–H and O–H groups in total. The van der Waals surface area contributed by atoms with Crippen molar-refractivity contribution in [3.63, 3.8) is 0 Å². The van der Waals surface area contributed by atoms with E-state index in [1.54, 1.807) is 0 Å². The molecule has 2 nitrogen and oxygen atoms in total. The van der Waals surface area contributed by atoms with Gasteiger partial charge in [-0.15, -0.1) is 0 Å². The molecule has 0 amide bonds. The smallest absolute Gasteiger partial charge is 0.119 e. The van der Waals surface area contributed by atoms with Gasteiger partial charge in [-0.05, 0) is 29.8 Å². The summed E-state index contributed by atoms with van der Waals surface area (Å²) in [5, 5.41) is 0. The molecule has 2 aromatic carbocycles. The zero-order valence-electron chi connectivity index (χ0n) is 10.8. The number of rotatable bonds is 4. The van der Waals surface area contributed by atoms with E-state index in [1.165, 1.54) is 0 Å². The summed E-state index contributed by atoms with van der Waals surface area (Å²) < 4.78 is 5.70. The minimum absolute atomic E-state index is 0.582. The first-order valence-electron chi connectivity index (χ1n) is 6.34. The number of benzene rings is 2. The lowest BCUT2D eigenvalue weighted by Gasteiger charge is -2.05. The first-order chi connectivity index (χ1) is 9.38. The van der Waals surface area contributed by atoms with Crippen molar-refractivity contribution in [1.29, 1.82) is 0 Å². The Kier molecular flexibility index (Phi) is 5.04. The Balaban J connectivity index is 1.91. The standard InChI is InChI=1S/C17H17NO/c18-13-5-4-6-15-9-11-17(12-10-15)19-14-16-7-2-1-3-8-16/h1-3,7-12H,5,13-14,18H2. The van der Waals surface area contributed by atoms with Gasteiger partial charge in [0.05, 0.1) is 0 Å². The second-order valence-corrected chi connectivity index (χ2v) is 4.14. The highest BCUT2D eigenvalue weighted by molar-refractivity contribution is 5.38. The van der Waals surface area contributed by atoms with Crippen molar-refractivity contribution < 1.29 is 4.74 Å². The van der Waals surface area contributed by atoms with Crippen LogP contribution in [0, 0.1) is 11.8 Å². The van der Waals surface area contributed by atoms with Crippen LogP contribution in [0.1, 0.15) is 17.5 Å². The zero-order valence-corrected chi connectivity index (χ0v) is 10.8. The van der Waals surface area contributed by atoms with Gasteiger partial charge in [-0.1, -0.05) is 42.2 Å². The van der Waals surface area contributed by atoms with Gasteiger partial charge in [0, 0.05) is 18.5 Å². The van der Waals surface area contributed by atoms with Crippen LogP contribution in [0.3, 0.4) is 0 Å². The molecule has 0 atom stereocenters. The second kappa shape index (κ2) is 7.25. The molecule has 0 saturated carbocycles. The second-order valence-electron chi connectivity index (χ2n) is 4.14. The largest absolute Gasteiger partial charge is 0.489 e. The molecule has 96 valence electrons. The van der Waals surface area contributed by atoms with Crippen LogP contribution in [0.5, 0.6) is 5.75 Å². The van der Waals surface area contributed by atoms with Gasteiger partial charge in [-0.2, -0.15) is 0 Å². The molecule has 2 heteroatoms. The van der Waals surface area contributed by atoms with E-state index in [4.69, 9.17) is 10.5 Å². The Labute approximate surface area is 114 Å². The van der Waals surface area contributed by atoms with Crippen molar-refractivity contribution in [2.45, 2.75) is 13.0 Å². The molecule has 0 spiro atoms. The minimum atomic E-state index is 0.582. The van der Waals surface area contributed by atoms with Crippen molar-refractivity contribution in [2.24, 2.45) is 5.73 Å². The van der Waals surface area contributed by atoms with Crippen molar-refractivity contribution in [3.8, 4) is 17.6 Å². The molecule has 2 aromatic rings. The van der Waals surface area contributed by atoms with E-state index in [9.17, 15) is 0 Å². The first kappa shape index (κ1) is 13.2. The fourth-order valence-electron chi connectivity index (χ4n) is 1.61. The quantitative estimate of drug-likeness (QED) is 0.848. The molecule has 0 aliphatic rings. The van der Waals surface area contributed by atoms with Gasteiger partial charge >= 0.3 is 0 Å². The SMILES string of the molecule is NCCC#Cc1ccc(OCc2ccccc2)cc1. The molecule has 0 heterocycles. The predicted octanol–water partition coefficient (Wildman–Crippen LogP) is 2.97. The van der Waals surface area contributed by atoms with Crippen LogP contribution in [-0.4, -0.2) is 6.54 Å². The maximum absolute atomic E-state index is 5.70. The van der Waals surface area contributed by atoms with Crippen LogP contribution in [0.15, 0.2) is 54.6 Å². The van der Waals surface area contributed by atoms with E-state index in [0.717, 1.165) is 23.3 Å². The third-order valence-corrected chi connectivity index (χ3v) is 2.60. The average Bonchev–Trinajstić information content (AvgIpc) is 2.48. The van der Waals surface area contributed by atoms with Crippen LogP contribution in [0.25, 0.3) is 0 Å². The van der Waals surface area contributed by atoms with Crippen molar-refractivity contribution >= 4 is 0 Å². The van der Waals surface area contributed by atoms with Crippen LogP contribution >= 0.6 is 0 Å². The molecule has 0 fully saturated rings. The summed E-state index contributed by atoms with van der Waals surface area (Å²) in [7, 11) is 0. The van der Waals surface area contributed by atoms with Crippen LogP contribution in [0.4, 0.5) is 0 Å². The van der Waals surface area contributed by atoms with E-state index < -0.39 is 0 Å². The monoisotopic (exact) mass is 251 g/mol. The molecule has 0 bridgehead atoms. The van der Waals surface area contributed by atoms with Gasteiger partial charge in [0.1, 0.15) is 12.4 Å². The lowest BCUT2D eigenvalue weighted by Crippen LogP contribution is -1.95. The lowest BCUT2D eigenvalue weighted by atomic mass is 10.2. The zero-order chi connectivity index (χ0) is 13.3. The van der Waals surface area contributed by atoms with Crippen LogP contribution < -0.4 is 10.5 Å². The number of ether oxygens (including phenoxy) is 1. The highest BCUT2D eigenvalue weighted by Crippen LogP contribution is 2.13. The third-order valence-electron chi connectivity index (χ3n) is 2.60. The van der Waals surface area contributed by atoms with E-state index in [-0.39, 0.29) is 0 Å². The molecule has 0 radical (unpaired) electrons. The highest BCUT2D eigenvalue weighted by Gasteiger charge is 1.95. The summed E-state index contributed by atoms with van der Waals surface area (Å²) in [4.78, 5) is 0. The number of nitrogens with two attached hydrogens (primary N) is 1. The maximum atomic E-state index is 5.70. The van der Waals surface area contributed by atoms with Crippen molar-refractivity contribution in [1.82, 2.24) is 0 Å². The summed E-state index contributed by atoms with van der Waals surface area (Å²) in [6.07, 6.45) is 0.728. The van der Waals surface area contributed by atoms with E-state index >= 15 is 0 Å². The topological polar surface area (TPSA) is 35.2 Å². The first-order valence-corrected chi connectivity index (χ1v) is 6.34. The van der Waals surface area contributed by atoms with Gasteiger partial charge in [0.15, 0.2) is 0 Å². The Bertz CT molecular complexity index is 549. The van der Waals surface area contributed by atoms with Gasteiger partial charge in [-0.25, -0.2) is 0 Å². The lowest BCUT2D eigenvalue weighted by molar-refractivity contribution is 0.306. The Morgan fingerprint density at radius 3 is 2.37 bits per heavy atom. The Morgan fingerprint density at radius 2 is 1.68 bits per heavy atom. The normalized spacial score (nSPS) is 9.53. The van der Waals surface area contributed by atoms with Gasteiger partial charge in [-0.3, -0.25) is 0 Å². The summed E-state index contributed by atoms with van der Waals surface area (Å²) in [5.41, 5.74) is 7.54. The fourth-order valence-corrected chi connectivity index (χ4v) is 1.61. The Morgan fingerprint density at radius 1 is 0.947 bits per heavy atom. The van der Waals surface area contributed by atoms with E-state index in [1.807, 2.05) is 54.6 Å². The summed E-state index contributed by atoms with van der Waals surface area (Å²) in [6.45, 7) is 1.18. The van der Waals surface area contributed by atoms with E-state index in [0.29, 0.717) is 13.2 Å². The predicted molar refractivity (Wildman–Crippen MR) is 77.8 cm³/mol. The minimum Gasteiger partial charge on any atom is -0.489 e. The van der Waals surface area contributed by atoms with Gasteiger partial charge in [0.2, 0.25) is 0 Å². The highest BCUT2D eigenvalue weighted by atomic mass is 16.5. The molecule has 0 aliphatic carbocycles. The van der Waals surface area contributed by atoms with Gasteiger partial charge < -0.3 is 10.5 Å². The summed E-state index contributed by atoms with van der Waals surface area (Å²) in [5.74, 6) is 6.93. The van der Waals surface area contributed by atoms with E-state index in [2.05, 4.69) is 11.8 Å². The number of hydrogen-bond donors (Lipinski definition) is 1. The molecular weight excluding hydrogens is 234 g/mol. The molecule has 0 saturated heterocycles. The third kappa shape index (κ3) is 4.50. The fraction of sp³-hybridized carbons (Fsp3) is 0.176. The van der Waals surface area contributed by atoms with Crippen molar-refractivity contribution in [2.75, 3.05) is 6.54 Å². The molecule has 0 unspecified atom stereocenters. The molecular formula is C17H17NO. The molecule has 19 heavy (non-hydrogen) atoms. The number of hydrogen-bond acceptors (Lipinski definition) is 2. The molecule has 0 aromatic heterocycles. The average molecular weight is 251 g/mol. The molecule has 2 rings (SSSR count). The van der Waals surface area contributed by atoms with Crippen LogP contribution in [0.2, 0.25) is 0 Å². The summed E-state index contributed by atoms with van der Waals surface area (Å²) in [6, 6.07) is 17.9. The molecule has 0 aliphatic heterocycles.